The van der Waals surface area contributed by atoms with Gasteiger partial charge in [0.2, 0.25) is 0 Å². The van der Waals surface area contributed by atoms with Crippen molar-refractivity contribution in [3.05, 3.63) is 35.1 Å². The zero-order valence-corrected chi connectivity index (χ0v) is 12.1. The molecule has 0 aromatic heterocycles. The molecule has 0 aliphatic carbocycles. The molecule has 2 heterocycles. The van der Waals surface area contributed by atoms with Crippen molar-refractivity contribution in [2.24, 2.45) is 5.92 Å². The number of fused-ring (bicyclic) bond motifs is 2. The number of halogens is 3. The highest BCUT2D eigenvalue weighted by Crippen LogP contribution is 2.38. The molecule has 2 bridgehead atoms. The van der Waals surface area contributed by atoms with Gasteiger partial charge in [-0.1, -0.05) is 6.42 Å². The van der Waals surface area contributed by atoms with E-state index >= 15 is 0 Å². The quantitative estimate of drug-likeness (QED) is 0.619. The zero-order chi connectivity index (χ0) is 15.1. The molecule has 2 aliphatic rings. The predicted molar refractivity (Wildman–Crippen MR) is 72.9 cm³/mol. The van der Waals surface area contributed by atoms with Crippen LogP contribution in [0.3, 0.4) is 0 Å². The van der Waals surface area contributed by atoms with Crippen LogP contribution in [0.15, 0.2) is 12.1 Å². The average Bonchev–Trinajstić information content (AvgIpc) is 2.42. The second-order valence-corrected chi connectivity index (χ2v) is 7.77. The number of hydrogen-bond donors (Lipinski definition) is 0. The molecule has 2 nitrogen and oxygen atoms in total. The summed E-state index contributed by atoms with van der Waals surface area (Å²) in [7, 11) is -0.923. The van der Waals surface area contributed by atoms with Gasteiger partial charge in [-0.2, -0.15) is 0 Å². The van der Waals surface area contributed by atoms with E-state index in [1.807, 2.05) is 0 Å². The lowest BCUT2D eigenvalue weighted by Crippen LogP contribution is -2.41. The summed E-state index contributed by atoms with van der Waals surface area (Å²) < 4.78 is 52.0. The molecule has 2 unspecified atom stereocenters. The third-order valence-electron chi connectivity index (χ3n) is 4.45. The zero-order valence-electron chi connectivity index (χ0n) is 11.3. The second-order valence-electron chi connectivity index (χ2n) is 5.78. The van der Waals surface area contributed by atoms with Gasteiger partial charge in [0.15, 0.2) is 17.4 Å². The summed E-state index contributed by atoms with van der Waals surface area (Å²) in [5.41, 5.74) is -0.398. The second kappa shape index (κ2) is 5.55. The number of hydrogen-bond acceptors (Lipinski definition) is 2. The first-order chi connectivity index (χ1) is 9.97. The number of Topliss-reactive ketones (excluding diaryl/α,β-unsaturated/α-hetero) is 1. The molecule has 2 aliphatic heterocycles. The van der Waals surface area contributed by atoms with Crippen LogP contribution < -0.4 is 0 Å². The van der Waals surface area contributed by atoms with Crippen molar-refractivity contribution in [3.8, 4) is 0 Å². The fourth-order valence-corrected chi connectivity index (χ4v) is 5.57. The lowest BCUT2D eigenvalue weighted by atomic mass is 9.84. The van der Waals surface area contributed by atoms with E-state index in [4.69, 9.17) is 0 Å². The molecule has 0 radical (unpaired) electrons. The lowest BCUT2D eigenvalue weighted by molar-refractivity contribution is 0.0890. The fraction of sp³-hybridized carbons (Fsp3) is 0.533. The summed E-state index contributed by atoms with van der Waals surface area (Å²) in [5.74, 6) is -4.50. The molecule has 0 saturated carbocycles. The Morgan fingerprint density at radius 2 is 1.57 bits per heavy atom. The number of carbonyl (C=O) groups is 1. The Morgan fingerprint density at radius 3 is 2.19 bits per heavy atom. The molecule has 1 aromatic rings. The van der Waals surface area contributed by atoms with E-state index in [-0.39, 0.29) is 10.5 Å². The van der Waals surface area contributed by atoms with Crippen molar-refractivity contribution >= 4 is 16.6 Å². The fourth-order valence-electron chi connectivity index (χ4n) is 3.38. The number of carbonyl (C=O) groups excluding carboxylic acids is 1. The molecule has 1 aromatic carbocycles. The van der Waals surface area contributed by atoms with E-state index in [9.17, 15) is 22.2 Å². The van der Waals surface area contributed by atoms with Gasteiger partial charge in [0.25, 0.3) is 0 Å². The maximum Gasteiger partial charge on any atom is 0.169 e. The monoisotopic (exact) mass is 316 g/mol. The van der Waals surface area contributed by atoms with E-state index in [1.165, 1.54) is 0 Å². The van der Waals surface area contributed by atoms with Crippen LogP contribution in [-0.4, -0.2) is 20.5 Å². The van der Waals surface area contributed by atoms with Crippen molar-refractivity contribution in [2.45, 2.75) is 42.6 Å². The van der Waals surface area contributed by atoms with Crippen LogP contribution in [0.1, 0.15) is 42.5 Å². The van der Waals surface area contributed by atoms with Crippen LogP contribution in [0, 0.1) is 23.4 Å². The standard InChI is InChI=1S/C15H15F3O2S/c16-12-7-14(18)13(17)6-11(12)15(19)8-4-9-2-1-3-10(5-8)21(9)20/h6-10H,1-5H2. The van der Waals surface area contributed by atoms with Crippen LogP contribution in [0.2, 0.25) is 0 Å². The van der Waals surface area contributed by atoms with Gasteiger partial charge in [-0.15, -0.1) is 0 Å². The smallest absolute Gasteiger partial charge is 0.169 e. The Balaban J connectivity index is 1.86. The molecule has 0 spiro atoms. The predicted octanol–water partition coefficient (Wildman–Crippen LogP) is 3.37. The van der Waals surface area contributed by atoms with E-state index in [1.54, 1.807) is 0 Å². The number of ketones is 1. The van der Waals surface area contributed by atoms with Crippen LogP contribution in [0.25, 0.3) is 0 Å². The van der Waals surface area contributed by atoms with Crippen molar-refractivity contribution in [3.63, 3.8) is 0 Å². The normalized spacial score (nSPS) is 32.0. The van der Waals surface area contributed by atoms with Crippen molar-refractivity contribution < 1.29 is 22.2 Å². The first-order valence-corrected chi connectivity index (χ1v) is 8.33. The van der Waals surface area contributed by atoms with Gasteiger partial charge in [0, 0.05) is 33.3 Å². The van der Waals surface area contributed by atoms with Gasteiger partial charge in [0.1, 0.15) is 5.82 Å². The number of benzene rings is 1. The van der Waals surface area contributed by atoms with E-state index in [0.717, 1.165) is 19.3 Å². The molecule has 2 fully saturated rings. The maximum atomic E-state index is 13.7. The summed E-state index contributed by atoms with van der Waals surface area (Å²) in [5, 5.41) is -0.0559. The third-order valence-corrected chi connectivity index (χ3v) is 6.62. The van der Waals surface area contributed by atoms with Crippen LogP contribution in [0.4, 0.5) is 13.2 Å². The Labute approximate surface area is 123 Å². The van der Waals surface area contributed by atoms with Gasteiger partial charge in [0.05, 0.1) is 5.56 Å². The summed E-state index contributed by atoms with van der Waals surface area (Å²) in [4.78, 5) is 12.4. The van der Waals surface area contributed by atoms with Crippen LogP contribution in [0.5, 0.6) is 0 Å². The van der Waals surface area contributed by atoms with Crippen LogP contribution in [-0.2, 0) is 10.8 Å². The van der Waals surface area contributed by atoms with Crippen molar-refractivity contribution in [1.82, 2.24) is 0 Å². The van der Waals surface area contributed by atoms with Gasteiger partial charge < -0.3 is 0 Å². The Hall–Kier alpha value is -1.17. The highest BCUT2D eigenvalue weighted by molar-refractivity contribution is 7.86. The maximum absolute atomic E-state index is 13.7. The summed E-state index contributed by atoms with van der Waals surface area (Å²) >= 11 is 0. The number of rotatable bonds is 2. The average molecular weight is 316 g/mol. The Morgan fingerprint density at radius 1 is 1.00 bits per heavy atom. The molecule has 6 heteroatoms. The largest absolute Gasteiger partial charge is 0.294 e. The van der Waals surface area contributed by atoms with Gasteiger partial charge in [-0.3, -0.25) is 9.00 Å². The SMILES string of the molecule is O=C(c1cc(F)c(F)cc1F)C1CC2CCCC(C1)S2=O. The third kappa shape index (κ3) is 2.65. The highest BCUT2D eigenvalue weighted by atomic mass is 32.2. The highest BCUT2D eigenvalue weighted by Gasteiger charge is 2.41. The molecular weight excluding hydrogens is 301 g/mol. The summed E-state index contributed by atoms with van der Waals surface area (Å²) in [6.07, 6.45) is 3.52. The van der Waals surface area contributed by atoms with E-state index in [2.05, 4.69) is 0 Å². The topological polar surface area (TPSA) is 34.1 Å². The molecule has 0 amide bonds. The molecule has 2 saturated heterocycles. The van der Waals surface area contributed by atoms with E-state index in [0.29, 0.717) is 25.0 Å². The van der Waals surface area contributed by atoms with Crippen LogP contribution >= 0.6 is 0 Å². The summed E-state index contributed by atoms with van der Waals surface area (Å²) in [6, 6.07) is 1.04. The van der Waals surface area contributed by atoms with Gasteiger partial charge in [-0.05, 0) is 31.7 Å². The summed E-state index contributed by atoms with van der Waals surface area (Å²) in [6.45, 7) is 0. The molecule has 0 N–H and O–H groups in total. The van der Waals surface area contributed by atoms with Crippen molar-refractivity contribution in [1.29, 1.82) is 0 Å². The molecule has 114 valence electrons. The lowest BCUT2D eigenvalue weighted by Gasteiger charge is -2.37. The van der Waals surface area contributed by atoms with Gasteiger partial charge >= 0.3 is 0 Å². The van der Waals surface area contributed by atoms with E-state index < -0.39 is 45.5 Å². The molecule has 3 rings (SSSR count). The molecule has 2 atom stereocenters. The first-order valence-electron chi connectivity index (χ1n) is 7.05. The minimum Gasteiger partial charge on any atom is -0.294 e. The first kappa shape index (κ1) is 14.8. The molecule has 21 heavy (non-hydrogen) atoms. The Bertz CT molecular complexity index is 601. The van der Waals surface area contributed by atoms with Crippen molar-refractivity contribution in [2.75, 3.05) is 0 Å². The minimum atomic E-state index is -1.30. The van der Waals surface area contributed by atoms with Gasteiger partial charge in [-0.25, -0.2) is 13.2 Å². The Kier molecular flexibility index (Phi) is 3.90. The minimum absolute atomic E-state index is 0.0280. The molecular formula is C15H15F3O2S.